The molecule has 0 amide bonds. The lowest BCUT2D eigenvalue weighted by molar-refractivity contribution is 0.867. The van der Waals surface area contributed by atoms with E-state index in [1.807, 2.05) is 36.4 Å². The fraction of sp³-hybridized carbons (Fsp3) is 0.150. The molecule has 2 N–H and O–H groups in total. The largest absolute Gasteiger partial charge is 0.340 e. The molecule has 0 fully saturated rings. The van der Waals surface area contributed by atoms with Gasteiger partial charge in [-0.3, -0.25) is 0 Å². The summed E-state index contributed by atoms with van der Waals surface area (Å²) in [6.07, 6.45) is 1.49. The number of aromatic nitrogens is 2. The number of rotatable bonds is 5. The highest BCUT2D eigenvalue weighted by molar-refractivity contribution is 5.67. The van der Waals surface area contributed by atoms with Crippen molar-refractivity contribution in [1.82, 2.24) is 9.97 Å². The molecule has 5 heteroatoms. The summed E-state index contributed by atoms with van der Waals surface area (Å²) in [7, 11) is 0. The van der Waals surface area contributed by atoms with Gasteiger partial charge in [0.15, 0.2) is 0 Å². The maximum atomic E-state index is 9.17. The predicted octanol–water partition coefficient (Wildman–Crippen LogP) is 4.96. The Kier molecular flexibility index (Phi) is 4.91. The van der Waals surface area contributed by atoms with E-state index >= 15 is 0 Å². The highest BCUT2D eigenvalue weighted by Crippen LogP contribution is 2.22. The Bertz CT molecular complexity index is 894. The lowest BCUT2D eigenvalue weighted by Crippen LogP contribution is -1.99. The second-order valence-corrected chi connectivity index (χ2v) is 5.97. The molecule has 0 aliphatic carbocycles. The normalized spacial score (nSPS) is 10.3. The molecular weight excluding hydrogens is 310 g/mol. The van der Waals surface area contributed by atoms with E-state index in [1.54, 1.807) is 6.07 Å². The molecule has 0 radical (unpaired) electrons. The molecule has 0 atom stereocenters. The van der Waals surface area contributed by atoms with Crippen LogP contribution in [0.2, 0.25) is 0 Å². The van der Waals surface area contributed by atoms with E-state index < -0.39 is 0 Å². The summed E-state index contributed by atoms with van der Waals surface area (Å²) < 4.78 is 0. The van der Waals surface area contributed by atoms with Gasteiger partial charge in [0.1, 0.15) is 24.0 Å². The van der Waals surface area contributed by atoms with Crippen molar-refractivity contribution in [3.05, 3.63) is 72.1 Å². The van der Waals surface area contributed by atoms with Crippen LogP contribution in [-0.2, 0) is 0 Å². The zero-order chi connectivity index (χ0) is 17.6. The second kappa shape index (κ2) is 7.45. The van der Waals surface area contributed by atoms with Crippen LogP contribution in [0.5, 0.6) is 0 Å². The molecule has 5 nitrogen and oxygen atoms in total. The smallest absolute Gasteiger partial charge is 0.135 e. The van der Waals surface area contributed by atoms with E-state index in [0.717, 1.165) is 11.4 Å². The van der Waals surface area contributed by atoms with Gasteiger partial charge in [0, 0.05) is 11.8 Å². The number of anilines is 4. The van der Waals surface area contributed by atoms with Crippen LogP contribution in [0.3, 0.4) is 0 Å². The Morgan fingerprint density at radius 3 is 2.28 bits per heavy atom. The van der Waals surface area contributed by atoms with Crippen molar-refractivity contribution in [2.45, 2.75) is 19.8 Å². The van der Waals surface area contributed by atoms with E-state index in [9.17, 15) is 5.26 Å². The van der Waals surface area contributed by atoms with E-state index in [4.69, 9.17) is 0 Å². The zero-order valence-electron chi connectivity index (χ0n) is 14.2. The van der Waals surface area contributed by atoms with Gasteiger partial charge in [-0.05, 0) is 35.7 Å². The molecule has 3 aromatic rings. The molecule has 0 bridgehead atoms. The highest BCUT2D eigenvalue weighted by atomic mass is 15.1. The first kappa shape index (κ1) is 16.5. The van der Waals surface area contributed by atoms with Crippen molar-refractivity contribution >= 4 is 23.0 Å². The maximum Gasteiger partial charge on any atom is 0.135 e. The molecule has 1 heterocycles. The molecule has 1 aromatic heterocycles. The summed E-state index contributed by atoms with van der Waals surface area (Å²) in [6, 6.07) is 19.6. The molecule has 0 aliphatic rings. The minimum absolute atomic E-state index is 0.504. The van der Waals surface area contributed by atoms with Crippen molar-refractivity contribution in [3.8, 4) is 6.07 Å². The molecule has 0 saturated carbocycles. The van der Waals surface area contributed by atoms with Gasteiger partial charge in [-0.25, -0.2) is 9.97 Å². The standard InChI is InChI=1S/C20H19N5/c1-14(2)15-7-9-17(10-8-15)24-19-11-20(23-13-22-19)25-18-6-4-3-5-16(18)12-21/h3-11,13-14H,1-2H3,(H2,22,23,24,25). The van der Waals surface area contributed by atoms with Crippen LogP contribution < -0.4 is 10.6 Å². The van der Waals surface area contributed by atoms with Crippen molar-refractivity contribution in [2.24, 2.45) is 0 Å². The molecule has 0 saturated heterocycles. The SMILES string of the molecule is CC(C)c1ccc(Nc2cc(Nc3ccccc3C#N)ncn2)cc1. The minimum atomic E-state index is 0.504. The maximum absolute atomic E-state index is 9.17. The summed E-state index contributed by atoms with van der Waals surface area (Å²) in [6.45, 7) is 4.34. The van der Waals surface area contributed by atoms with Crippen LogP contribution >= 0.6 is 0 Å². The Morgan fingerprint density at radius 1 is 0.920 bits per heavy atom. The van der Waals surface area contributed by atoms with E-state index in [-0.39, 0.29) is 0 Å². The van der Waals surface area contributed by atoms with Gasteiger partial charge in [0.2, 0.25) is 0 Å². The Morgan fingerprint density at radius 2 is 1.60 bits per heavy atom. The third-order valence-electron chi connectivity index (χ3n) is 3.83. The molecule has 0 spiro atoms. The third-order valence-corrected chi connectivity index (χ3v) is 3.83. The summed E-state index contributed by atoms with van der Waals surface area (Å²) in [5.74, 6) is 1.81. The molecule has 25 heavy (non-hydrogen) atoms. The molecule has 124 valence electrons. The number of benzene rings is 2. The Labute approximate surface area is 147 Å². The lowest BCUT2D eigenvalue weighted by Gasteiger charge is -2.10. The number of nitrogens with one attached hydrogen (secondary N) is 2. The van der Waals surface area contributed by atoms with Crippen LogP contribution in [0.4, 0.5) is 23.0 Å². The zero-order valence-corrected chi connectivity index (χ0v) is 14.2. The van der Waals surface area contributed by atoms with Gasteiger partial charge < -0.3 is 10.6 Å². The molecule has 0 unspecified atom stereocenters. The van der Waals surface area contributed by atoms with Crippen molar-refractivity contribution in [1.29, 1.82) is 5.26 Å². The van der Waals surface area contributed by atoms with Gasteiger partial charge in [-0.2, -0.15) is 5.26 Å². The monoisotopic (exact) mass is 329 g/mol. The second-order valence-electron chi connectivity index (χ2n) is 5.97. The van der Waals surface area contributed by atoms with Crippen LogP contribution in [0.1, 0.15) is 30.9 Å². The Balaban J connectivity index is 1.76. The van der Waals surface area contributed by atoms with Crippen molar-refractivity contribution in [2.75, 3.05) is 10.6 Å². The summed E-state index contributed by atoms with van der Waals surface area (Å²) in [4.78, 5) is 8.47. The molecule has 2 aromatic carbocycles. The first-order chi connectivity index (χ1) is 12.2. The number of hydrogen-bond donors (Lipinski definition) is 2. The average Bonchev–Trinajstić information content (AvgIpc) is 2.63. The predicted molar refractivity (Wildman–Crippen MR) is 100 cm³/mol. The van der Waals surface area contributed by atoms with Crippen molar-refractivity contribution in [3.63, 3.8) is 0 Å². The highest BCUT2D eigenvalue weighted by Gasteiger charge is 2.04. The van der Waals surface area contributed by atoms with Gasteiger partial charge in [0.05, 0.1) is 11.3 Å². The summed E-state index contributed by atoms with van der Waals surface area (Å²) in [5.41, 5.74) is 3.55. The number of hydrogen-bond acceptors (Lipinski definition) is 5. The van der Waals surface area contributed by atoms with Crippen LogP contribution in [0.15, 0.2) is 60.9 Å². The molecular formula is C20H19N5. The molecule has 0 aliphatic heterocycles. The molecule has 3 rings (SSSR count). The van der Waals surface area contributed by atoms with Crippen LogP contribution in [0, 0.1) is 11.3 Å². The van der Waals surface area contributed by atoms with Gasteiger partial charge in [-0.15, -0.1) is 0 Å². The van der Waals surface area contributed by atoms with Crippen LogP contribution in [-0.4, -0.2) is 9.97 Å². The number of nitrogens with zero attached hydrogens (tertiary/aromatic N) is 3. The first-order valence-corrected chi connectivity index (χ1v) is 8.11. The van der Waals surface area contributed by atoms with E-state index in [1.165, 1.54) is 11.9 Å². The van der Waals surface area contributed by atoms with Gasteiger partial charge >= 0.3 is 0 Å². The van der Waals surface area contributed by atoms with Gasteiger partial charge in [-0.1, -0.05) is 38.1 Å². The third kappa shape index (κ3) is 4.12. The summed E-state index contributed by atoms with van der Waals surface area (Å²) >= 11 is 0. The number of para-hydroxylation sites is 1. The quantitative estimate of drug-likeness (QED) is 0.692. The average molecular weight is 329 g/mol. The number of nitriles is 1. The van der Waals surface area contributed by atoms with Gasteiger partial charge in [0.25, 0.3) is 0 Å². The van der Waals surface area contributed by atoms with E-state index in [0.29, 0.717) is 23.1 Å². The van der Waals surface area contributed by atoms with E-state index in [2.05, 4.69) is 52.7 Å². The van der Waals surface area contributed by atoms with Crippen molar-refractivity contribution < 1.29 is 0 Å². The van der Waals surface area contributed by atoms with Crippen LogP contribution in [0.25, 0.3) is 0 Å². The summed E-state index contributed by atoms with van der Waals surface area (Å²) in [5, 5.41) is 15.6. The fourth-order valence-electron chi connectivity index (χ4n) is 2.42. The Hall–Kier alpha value is -3.39. The topological polar surface area (TPSA) is 73.6 Å². The first-order valence-electron chi connectivity index (χ1n) is 8.11. The lowest BCUT2D eigenvalue weighted by atomic mass is 10.0. The minimum Gasteiger partial charge on any atom is -0.340 e. The fourth-order valence-corrected chi connectivity index (χ4v) is 2.42.